The molecule has 0 saturated carbocycles. The molecule has 0 aromatic heterocycles. The Balaban J connectivity index is 3.30. The molecular formula is C61H112O6. The fourth-order valence-electron chi connectivity index (χ4n) is 8.85. The lowest BCUT2D eigenvalue weighted by Crippen LogP contribution is -2.10. The third-order valence-corrected chi connectivity index (χ3v) is 13.3. The zero-order valence-corrected chi connectivity index (χ0v) is 45.4. The highest BCUT2D eigenvalue weighted by Crippen LogP contribution is 2.48. The topological polar surface area (TPSA) is 63.2 Å². The molecule has 0 amide bonds. The smallest absolute Gasteiger partial charge is 0.330 e. The first-order valence-electron chi connectivity index (χ1n) is 29.7. The largest absolute Gasteiger partial charge is 0.490 e. The van der Waals surface area contributed by atoms with Gasteiger partial charge >= 0.3 is 5.97 Å². The van der Waals surface area contributed by atoms with E-state index in [0.717, 1.165) is 69.8 Å². The average Bonchev–Trinajstić information content (AvgIpc) is 3.33. The fraction of sp³-hybridized carbons (Fsp3) is 0.852. The van der Waals surface area contributed by atoms with Crippen LogP contribution < -0.4 is 18.9 Å². The molecule has 0 radical (unpaired) electrons. The third kappa shape index (κ3) is 38.1. The summed E-state index contributed by atoms with van der Waals surface area (Å²) in [4.78, 5) is 13.0. The van der Waals surface area contributed by atoms with E-state index in [2.05, 4.69) is 34.6 Å². The lowest BCUT2D eigenvalue weighted by molar-refractivity contribution is -0.137. The van der Waals surface area contributed by atoms with Crippen molar-refractivity contribution in [3.63, 3.8) is 0 Å². The number of carbonyl (C=O) groups is 1. The van der Waals surface area contributed by atoms with Crippen molar-refractivity contribution in [2.45, 2.75) is 304 Å². The first kappa shape index (κ1) is 62.6. The fourth-order valence-corrected chi connectivity index (χ4v) is 8.85. The first-order chi connectivity index (χ1) is 33.1. The molecule has 0 saturated heterocycles. The predicted molar refractivity (Wildman–Crippen MR) is 291 cm³/mol. The molecule has 6 nitrogen and oxygen atoms in total. The molecule has 0 unspecified atom stereocenters. The monoisotopic (exact) mass is 941 g/mol. The molecular weight excluding hydrogens is 829 g/mol. The van der Waals surface area contributed by atoms with E-state index in [4.69, 9.17) is 23.7 Å². The summed E-state index contributed by atoms with van der Waals surface area (Å²) in [5, 5.41) is 0. The highest BCUT2D eigenvalue weighted by atomic mass is 16.6. The molecule has 0 heterocycles. The van der Waals surface area contributed by atoms with Gasteiger partial charge in [0.2, 0.25) is 11.5 Å². The Hall–Kier alpha value is -2.37. The molecule has 1 aromatic rings. The van der Waals surface area contributed by atoms with Crippen LogP contribution >= 0.6 is 0 Å². The number of ether oxygens (including phenoxy) is 5. The summed E-state index contributed by atoms with van der Waals surface area (Å²) in [6, 6.07) is 2.03. The number of unbranched alkanes of at least 4 members (excludes halogenated alkanes) is 37. The van der Waals surface area contributed by atoms with Crippen molar-refractivity contribution in [1.29, 1.82) is 0 Å². The van der Waals surface area contributed by atoms with Crippen molar-refractivity contribution < 1.29 is 28.5 Å². The molecule has 0 aliphatic carbocycles. The van der Waals surface area contributed by atoms with E-state index in [-0.39, 0.29) is 5.97 Å². The number of carbonyl (C=O) groups excluding carboxylic acids is 1. The van der Waals surface area contributed by atoms with Crippen LogP contribution in [0.15, 0.2) is 12.1 Å². The Morgan fingerprint density at radius 2 is 0.612 bits per heavy atom. The molecule has 0 N–H and O–H groups in total. The van der Waals surface area contributed by atoms with Crippen LogP contribution in [0.1, 0.15) is 310 Å². The highest BCUT2D eigenvalue weighted by Gasteiger charge is 2.24. The van der Waals surface area contributed by atoms with Crippen molar-refractivity contribution in [2.24, 2.45) is 0 Å². The predicted octanol–water partition coefficient (Wildman–Crippen LogP) is 20.2. The Bertz CT molecular complexity index is 1230. The quantitative estimate of drug-likeness (QED) is 0.0368. The molecule has 0 aliphatic rings. The number of benzene rings is 1. The van der Waals surface area contributed by atoms with E-state index in [1.54, 1.807) is 6.08 Å². The molecule has 67 heavy (non-hydrogen) atoms. The zero-order valence-electron chi connectivity index (χ0n) is 45.4. The van der Waals surface area contributed by atoms with Gasteiger partial charge in [-0.3, -0.25) is 0 Å². The first-order valence-corrected chi connectivity index (χ1v) is 29.7. The second kappa shape index (κ2) is 50.0. The van der Waals surface area contributed by atoms with Crippen molar-refractivity contribution in [2.75, 3.05) is 33.0 Å². The van der Waals surface area contributed by atoms with Gasteiger partial charge in [-0.25, -0.2) is 4.79 Å². The van der Waals surface area contributed by atoms with Crippen molar-refractivity contribution in [1.82, 2.24) is 0 Å². The number of hydrogen-bond acceptors (Lipinski definition) is 6. The molecule has 0 fully saturated rings. The summed E-state index contributed by atoms with van der Waals surface area (Å²) >= 11 is 0. The zero-order chi connectivity index (χ0) is 48.4. The van der Waals surface area contributed by atoms with Crippen LogP contribution in [0.3, 0.4) is 0 Å². The molecule has 0 aliphatic heterocycles. The maximum absolute atomic E-state index is 13.0. The Kier molecular flexibility index (Phi) is 46.8. The molecule has 1 aromatic carbocycles. The number of rotatable bonds is 53. The van der Waals surface area contributed by atoms with Gasteiger partial charge in [0.25, 0.3) is 0 Å². The summed E-state index contributed by atoms with van der Waals surface area (Å²) < 4.78 is 32.6. The minimum Gasteiger partial charge on any atom is -0.490 e. The standard InChI is InChI=1S/C61H112O6/c1-6-11-16-20-24-28-32-36-40-44-51-63-57-55-56(48-49-58(62)64-50-15-10-5)59(65-52-45-41-37-33-29-25-21-17-12-7-2)61(67-54-47-43-39-35-31-27-23-19-14-9-4)60(57)66-53-46-42-38-34-30-26-22-18-13-8-3/h48-49,55H,6-47,50-54H2,1-5H3. The van der Waals surface area contributed by atoms with E-state index < -0.39 is 0 Å². The molecule has 0 atom stereocenters. The van der Waals surface area contributed by atoms with Crippen molar-refractivity contribution >= 4 is 12.0 Å². The van der Waals surface area contributed by atoms with E-state index in [0.29, 0.717) is 56.0 Å². The van der Waals surface area contributed by atoms with Gasteiger partial charge in [0.05, 0.1) is 33.0 Å². The minimum atomic E-state index is -0.337. The van der Waals surface area contributed by atoms with Crippen LogP contribution in [-0.2, 0) is 9.53 Å². The van der Waals surface area contributed by atoms with Crippen LogP contribution in [0.4, 0.5) is 0 Å². The van der Waals surface area contributed by atoms with E-state index >= 15 is 0 Å². The number of hydrogen-bond donors (Lipinski definition) is 0. The van der Waals surface area contributed by atoms with Gasteiger partial charge in [-0.1, -0.05) is 272 Å². The van der Waals surface area contributed by atoms with Crippen LogP contribution in [0.2, 0.25) is 0 Å². The summed E-state index contributed by atoms with van der Waals surface area (Å²) in [5.41, 5.74) is 0.780. The lowest BCUT2D eigenvalue weighted by Gasteiger charge is -2.22. The maximum atomic E-state index is 13.0. The van der Waals surface area contributed by atoms with Gasteiger partial charge in [0.1, 0.15) is 0 Å². The second-order valence-corrected chi connectivity index (χ2v) is 19.9. The van der Waals surface area contributed by atoms with Gasteiger partial charge in [0, 0.05) is 11.6 Å². The van der Waals surface area contributed by atoms with Gasteiger partial charge in [0.15, 0.2) is 11.5 Å². The Morgan fingerprint density at radius 3 is 0.955 bits per heavy atom. The van der Waals surface area contributed by atoms with E-state index in [1.165, 1.54) is 205 Å². The maximum Gasteiger partial charge on any atom is 0.330 e. The summed E-state index contributed by atoms with van der Waals surface area (Å²) in [7, 11) is 0. The summed E-state index contributed by atoms with van der Waals surface area (Å²) in [6.07, 6.45) is 56.2. The summed E-state index contributed by atoms with van der Waals surface area (Å²) in [6.45, 7) is 14.1. The van der Waals surface area contributed by atoms with Crippen LogP contribution in [0.5, 0.6) is 23.0 Å². The SMILES string of the molecule is CCCCCCCCCCCCOc1cc(C=CC(=O)OCCCC)c(OCCCCCCCCCCCC)c(OCCCCCCCCCCCC)c1OCCCCCCCCCCCC. The minimum absolute atomic E-state index is 0.337. The van der Waals surface area contributed by atoms with Gasteiger partial charge in [-0.05, 0) is 44.2 Å². The lowest BCUT2D eigenvalue weighted by atomic mass is 10.1. The van der Waals surface area contributed by atoms with E-state index in [1.807, 2.05) is 12.1 Å². The van der Waals surface area contributed by atoms with Crippen LogP contribution in [0.25, 0.3) is 6.08 Å². The molecule has 1 rings (SSSR count). The summed E-state index contributed by atoms with van der Waals surface area (Å²) in [5.74, 6) is 2.30. The molecule has 0 spiro atoms. The van der Waals surface area contributed by atoms with Crippen molar-refractivity contribution in [3.05, 3.63) is 17.7 Å². The van der Waals surface area contributed by atoms with Crippen LogP contribution in [0, 0.1) is 0 Å². The average molecular weight is 942 g/mol. The molecule has 392 valence electrons. The Labute approximate surface area is 417 Å². The van der Waals surface area contributed by atoms with Crippen molar-refractivity contribution in [3.8, 4) is 23.0 Å². The van der Waals surface area contributed by atoms with Gasteiger partial charge < -0.3 is 23.7 Å². The number of esters is 1. The van der Waals surface area contributed by atoms with Gasteiger partial charge in [-0.2, -0.15) is 0 Å². The third-order valence-electron chi connectivity index (χ3n) is 13.3. The van der Waals surface area contributed by atoms with E-state index in [9.17, 15) is 4.79 Å². The second-order valence-electron chi connectivity index (χ2n) is 19.9. The Morgan fingerprint density at radius 1 is 0.328 bits per heavy atom. The van der Waals surface area contributed by atoms with Gasteiger partial charge in [-0.15, -0.1) is 0 Å². The molecule has 0 bridgehead atoms. The molecule has 6 heteroatoms. The van der Waals surface area contributed by atoms with Crippen LogP contribution in [-0.4, -0.2) is 39.0 Å². The highest BCUT2D eigenvalue weighted by molar-refractivity contribution is 5.88. The normalized spacial score (nSPS) is 11.5.